The third kappa shape index (κ3) is 6.01. The molecular formula is C16H32N2. The van der Waals surface area contributed by atoms with Gasteiger partial charge in [0, 0.05) is 13.1 Å². The van der Waals surface area contributed by atoms with Crippen LogP contribution in [0.2, 0.25) is 0 Å². The maximum Gasteiger partial charge on any atom is 0.0166 e. The average Bonchev–Trinajstić information content (AvgIpc) is 2.33. The second kappa shape index (κ2) is 7.96. The number of unbranched alkanes of at least 4 members (excludes halogenated alkanes) is 2. The first-order valence-electron chi connectivity index (χ1n) is 7.66. The molecule has 18 heavy (non-hydrogen) atoms. The smallest absolute Gasteiger partial charge is 0.0166 e. The minimum atomic E-state index is 0.373. The molecule has 0 aliphatic carbocycles. The Labute approximate surface area is 114 Å². The molecule has 0 spiro atoms. The van der Waals surface area contributed by atoms with E-state index in [1.165, 1.54) is 51.9 Å². The van der Waals surface area contributed by atoms with Crippen molar-refractivity contribution >= 4 is 0 Å². The molecule has 0 aromatic heterocycles. The van der Waals surface area contributed by atoms with E-state index in [1.807, 2.05) is 0 Å². The van der Waals surface area contributed by atoms with Crippen molar-refractivity contribution in [1.29, 1.82) is 0 Å². The highest BCUT2D eigenvalue weighted by Gasteiger charge is 2.20. The van der Waals surface area contributed by atoms with E-state index in [0.717, 1.165) is 6.54 Å². The van der Waals surface area contributed by atoms with E-state index < -0.39 is 0 Å². The van der Waals surface area contributed by atoms with Crippen LogP contribution in [-0.2, 0) is 0 Å². The van der Waals surface area contributed by atoms with Crippen LogP contribution in [0.1, 0.15) is 53.4 Å². The molecule has 0 unspecified atom stereocenters. The summed E-state index contributed by atoms with van der Waals surface area (Å²) in [6.07, 6.45) is 7.76. The number of nitrogens with zero attached hydrogens (tertiary/aromatic N) is 1. The van der Waals surface area contributed by atoms with Crippen LogP contribution in [0.5, 0.6) is 0 Å². The van der Waals surface area contributed by atoms with E-state index in [9.17, 15) is 0 Å². The summed E-state index contributed by atoms with van der Waals surface area (Å²) < 4.78 is 0. The van der Waals surface area contributed by atoms with Crippen LogP contribution in [0, 0.1) is 5.41 Å². The van der Waals surface area contributed by atoms with Gasteiger partial charge in [-0.2, -0.15) is 0 Å². The van der Waals surface area contributed by atoms with Crippen molar-refractivity contribution in [2.75, 3.05) is 32.7 Å². The highest BCUT2D eigenvalue weighted by atomic mass is 15.1. The summed E-state index contributed by atoms with van der Waals surface area (Å²) >= 11 is 0. The molecule has 1 aliphatic heterocycles. The first-order valence-corrected chi connectivity index (χ1v) is 7.66. The largest absolute Gasteiger partial charge is 0.317 e. The molecule has 0 aromatic carbocycles. The van der Waals surface area contributed by atoms with Gasteiger partial charge in [-0.3, -0.25) is 4.90 Å². The van der Waals surface area contributed by atoms with Gasteiger partial charge < -0.3 is 5.32 Å². The summed E-state index contributed by atoms with van der Waals surface area (Å²) in [4.78, 5) is 2.60. The van der Waals surface area contributed by atoms with Crippen molar-refractivity contribution in [2.24, 2.45) is 5.41 Å². The van der Waals surface area contributed by atoms with Crippen molar-refractivity contribution in [3.05, 3.63) is 11.6 Å². The summed E-state index contributed by atoms with van der Waals surface area (Å²) in [7, 11) is 0. The molecule has 0 saturated heterocycles. The molecule has 0 aromatic rings. The van der Waals surface area contributed by atoms with Crippen LogP contribution in [0.3, 0.4) is 0 Å². The van der Waals surface area contributed by atoms with E-state index in [1.54, 1.807) is 5.57 Å². The van der Waals surface area contributed by atoms with Gasteiger partial charge in [0.1, 0.15) is 0 Å². The van der Waals surface area contributed by atoms with Crippen molar-refractivity contribution in [3.63, 3.8) is 0 Å². The molecule has 1 rings (SSSR count). The van der Waals surface area contributed by atoms with E-state index in [-0.39, 0.29) is 0 Å². The lowest BCUT2D eigenvalue weighted by Gasteiger charge is -2.32. The Kier molecular flexibility index (Phi) is 6.95. The number of hydrogen-bond donors (Lipinski definition) is 1. The van der Waals surface area contributed by atoms with Crippen LogP contribution in [0.4, 0.5) is 0 Å². The van der Waals surface area contributed by atoms with Crippen LogP contribution in [0.25, 0.3) is 0 Å². The number of nitrogens with one attached hydrogen (secondary N) is 1. The van der Waals surface area contributed by atoms with E-state index in [4.69, 9.17) is 0 Å². The summed E-state index contributed by atoms with van der Waals surface area (Å²) in [6.45, 7) is 15.2. The maximum absolute atomic E-state index is 3.39. The van der Waals surface area contributed by atoms with Crippen LogP contribution in [0.15, 0.2) is 11.6 Å². The van der Waals surface area contributed by atoms with Gasteiger partial charge in [0.2, 0.25) is 0 Å². The van der Waals surface area contributed by atoms with Crippen molar-refractivity contribution in [1.82, 2.24) is 10.2 Å². The van der Waals surface area contributed by atoms with Gasteiger partial charge in [-0.15, -0.1) is 0 Å². The predicted octanol–water partition coefficient (Wildman–Crippen LogP) is 3.44. The van der Waals surface area contributed by atoms with Gasteiger partial charge in [-0.05, 0) is 44.3 Å². The quantitative estimate of drug-likeness (QED) is 0.551. The highest BCUT2D eigenvalue weighted by molar-refractivity contribution is 5.14. The standard InChI is InChI=1S/C16H32N2/c1-5-17-11-7-6-8-12-18-13-9-15(10-14-18)16(2,3)4/h9,17H,5-8,10-14H2,1-4H3. The van der Waals surface area contributed by atoms with Gasteiger partial charge in [0.15, 0.2) is 0 Å². The molecule has 106 valence electrons. The molecule has 2 heteroatoms. The van der Waals surface area contributed by atoms with E-state index in [2.05, 4.69) is 44.0 Å². The summed E-state index contributed by atoms with van der Waals surface area (Å²) in [5, 5.41) is 3.39. The zero-order valence-electron chi connectivity index (χ0n) is 12.9. The maximum atomic E-state index is 3.39. The number of rotatable bonds is 7. The van der Waals surface area contributed by atoms with E-state index in [0.29, 0.717) is 5.41 Å². The molecule has 0 atom stereocenters. The lowest BCUT2D eigenvalue weighted by molar-refractivity contribution is 0.272. The Balaban J connectivity index is 2.11. The van der Waals surface area contributed by atoms with E-state index >= 15 is 0 Å². The first-order chi connectivity index (χ1) is 8.54. The normalized spacial score (nSPS) is 17.9. The predicted molar refractivity (Wildman–Crippen MR) is 81.0 cm³/mol. The molecule has 0 bridgehead atoms. The lowest BCUT2D eigenvalue weighted by Crippen LogP contribution is -2.32. The monoisotopic (exact) mass is 252 g/mol. The second-order valence-electron chi connectivity index (χ2n) is 6.44. The molecule has 1 heterocycles. The minimum Gasteiger partial charge on any atom is -0.317 e. The van der Waals surface area contributed by atoms with Gasteiger partial charge in [-0.25, -0.2) is 0 Å². The Morgan fingerprint density at radius 2 is 2.00 bits per heavy atom. The minimum absolute atomic E-state index is 0.373. The van der Waals surface area contributed by atoms with Crippen molar-refractivity contribution in [3.8, 4) is 0 Å². The van der Waals surface area contributed by atoms with Crippen LogP contribution < -0.4 is 5.32 Å². The fourth-order valence-corrected chi connectivity index (χ4v) is 2.53. The second-order valence-corrected chi connectivity index (χ2v) is 6.44. The molecule has 0 saturated carbocycles. The van der Waals surface area contributed by atoms with Gasteiger partial charge in [0.25, 0.3) is 0 Å². The summed E-state index contributed by atoms with van der Waals surface area (Å²) in [5.74, 6) is 0. The van der Waals surface area contributed by atoms with Crippen molar-refractivity contribution < 1.29 is 0 Å². The van der Waals surface area contributed by atoms with Crippen LogP contribution in [-0.4, -0.2) is 37.6 Å². The molecular weight excluding hydrogens is 220 g/mol. The fraction of sp³-hybridized carbons (Fsp3) is 0.875. The molecule has 1 N–H and O–H groups in total. The number of hydrogen-bond acceptors (Lipinski definition) is 2. The molecule has 0 fully saturated rings. The third-order valence-corrected chi connectivity index (χ3v) is 3.83. The zero-order valence-corrected chi connectivity index (χ0v) is 12.9. The van der Waals surface area contributed by atoms with Crippen LogP contribution >= 0.6 is 0 Å². The Morgan fingerprint density at radius 1 is 1.22 bits per heavy atom. The molecule has 0 amide bonds. The molecule has 1 aliphatic rings. The Hall–Kier alpha value is -0.340. The summed E-state index contributed by atoms with van der Waals surface area (Å²) in [6, 6.07) is 0. The summed E-state index contributed by atoms with van der Waals surface area (Å²) in [5.41, 5.74) is 2.02. The molecule has 0 radical (unpaired) electrons. The van der Waals surface area contributed by atoms with Gasteiger partial charge in [0.05, 0.1) is 0 Å². The van der Waals surface area contributed by atoms with Crippen molar-refractivity contribution in [2.45, 2.75) is 53.4 Å². The Morgan fingerprint density at radius 3 is 2.56 bits per heavy atom. The van der Waals surface area contributed by atoms with Gasteiger partial charge in [-0.1, -0.05) is 45.8 Å². The third-order valence-electron chi connectivity index (χ3n) is 3.83. The molecule has 2 nitrogen and oxygen atoms in total. The average molecular weight is 252 g/mol. The SMILES string of the molecule is CCNCCCCCN1CC=C(C(C)(C)C)CC1. The van der Waals surface area contributed by atoms with Gasteiger partial charge >= 0.3 is 0 Å². The zero-order chi connectivity index (χ0) is 13.4. The first kappa shape index (κ1) is 15.7. The Bertz CT molecular complexity index is 250. The lowest BCUT2D eigenvalue weighted by atomic mass is 9.83. The topological polar surface area (TPSA) is 15.3 Å². The fourth-order valence-electron chi connectivity index (χ4n) is 2.53. The highest BCUT2D eigenvalue weighted by Crippen LogP contribution is 2.29.